The fraction of sp³-hybridized carbons (Fsp3) is 0.500. The number of rotatable bonds is 2. The minimum atomic E-state index is -0.0914. The van der Waals surface area contributed by atoms with Crippen LogP contribution in [-0.2, 0) is 0 Å². The monoisotopic (exact) mass is 178 g/mol. The van der Waals surface area contributed by atoms with Crippen LogP contribution < -0.4 is 0 Å². The number of hydrogen-bond acceptors (Lipinski definition) is 0. The summed E-state index contributed by atoms with van der Waals surface area (Å²) in [6.07, 6.45) is 2.48. The molecule has 1 aliphatic carbocycles. The predicted molar refractivity (Wildman–Crippen MR) is 52.5 cm³/mol. The quantitative estimate of drug-likeness (QED) is 0.645. The van der Waals surface area contributed by atoms with Gasteiger partial charge >= 0.3 is 0 Å². The highest BCUT2D eigenvalue weighted by molar-refractivity contribution is 5.35. The van der Waals surface area contributed by atoms with Crippen molar-refractivity contribution in [1.29, 1.82) is 0 Å². The summed E-state index contributed by atoms with van der Waals surface area (Å²) in [6, 6.07) is 5.22. The van der Waals surface area contributed by atoms with Crippen molar-refractivity contribution in [2.75, 3.05) is 0 Å². The average molecular weight is 178 g/mol. The summed E-state index contributed by atoms with van der Waals surface area (Å²) in [5.41, 5.74) is 2.57. The van der Waals surface area contributed by atoms with Gasteiger partial charge in [-0.2, -0.15) is 0 Å². The van der Waals surface area contributed by atoms with E-state index in [0.717, 1.165) is 0 Å². The van der Waals surface area contributed by atoms with Crippen LogP contribution in [0.5, 0.6) is 0 Å². The molecule has 0 heterocycles. The second-order valence-corrected chi connectivity index (χ2v) is 4.20. The maximum absolute atomic E-state index is 13.0. The lowest BCUT2D eigenvalue weighted by Gasteiger charge is -2.11. The lowest BCUT2D eigenvalue weighted by molar-refractivity contribution is 0.623. The highest BCUT2D eigenvalue weighted by Crippen LogP contribution is 2.43. The lowest BCUT2D eigenvalue weighted by atomic mass is 9.94. The van der Waals surface area contributed by atoms with Crippen molar-refractivity contribution in [3.8, 4) is 0 Å². The van der Waals surface area contributed by atoms with Crippen LogP contribution in [0.4, 0.5) is 4.39 Å². The van der Waals surface area contributed by atoms with E-state index in [1.165, 1.54) is 24.0 Å². The first-order chi connectivity index (χ1) is 6.18. The Morgan fingerprint density at radius 1 is 1.31 bits per heavy atom. The fourth-order valence-corrected chi connectivity index (χ4v) is 1.82. The third kappa shape index (κ3) is 1.74. The molecule has 13 heavy (non-hydrogen) atoms. The van der Waals surface area contributed by atoms with Crippen LogP contribution >= 0.6 is 0 Å². The van der Waals surface area contributed by atoms with Crippen LogP contribution in [0, 0.1) is 5.82 Å². The van der Waals surface area contributed by atoms with Gasteiger partial charge in [-0.3, -0.25) is 0 Å². The van der Waals surface area contributed by atoms with E-state index in [9.17, 15) is 4.39 Å². The number of halogens is 1. The minimum absolute atomic E-state index is 0.0914. The summed E-state index contributed by atoms with van der Waals surface area (Å²) in [4.78, 5) is 0. The van der Waals surface area contributed by atoms with Gasteiger partial charge in [-0.25, -0.2) is 4.39 Å². The van der Waals surface area contributed by atoms with E-state index in [4.69, 9.17) is 0 Å². The van der Waals surface area contributed by atoms with Gasteiger partial charge in [-0.1, -0.05) is 19.9 Å². The Morgan fingerprint density at radius 2 is 2.00 bits per heavy atom. The molecule has 0 amide bonds. The molecule has 0 N–H and O–H groups in total. The summed E-state index contributed by atoms with van der Waals surface area (Å²) in [5.74, 6) is 1.07. The van der Waals surface area contributed by atoms with Crippen molar-refractivity contribution in [2.45, 2.75) is 38.5 Å². The summed E-state index contributed by atoms with van der Waals surface area (Å²) in [5, 5.41) is 0. The van der Waals surface area contributed by atoms with Gasteiger partial charge in [0.2, 0.25) is 0 Å². The first-order valence-corrected chi connectivity index (χ1v) is 4.98. The summed E-state index contributed by atoms with van der Waals surface area (Å²) >= 11 is 0. The van der Waals surface area contributed by atoms with Gasteiger partial charge < -0.3 is 0 Å². The molecular weight excluding hydrogens is 163 g/mol. The van der Waals surface area contributed by atoms with Crippen molar-refractivity contribution < 1.29 is 4.39 Å². The van der Waals surface area contributed by atoms with Gasteiger partial charge in [-0.05, 0) is 47.9 Å². The van der Waals surface area contributed by atoms with Gasteiger partial charge in [0, 0.05) is 0 Å². The molecule has 0 aromatic heterocycles. The Labute approximate surface area is 78.8 Å². The molecular formula is C12H15F. The molecule has 1 fully saturated rings. The SMILES string of the molecule is CC(C)c1ccc(F)cc1C1CC1. The number of hydrogen-bond donors (Lipinski definition) is 0. The average Bonchev–Trinajstić information content (AvgIpc) is 2.85. The van der Waals surface area contributed by atoms with Crippen LogP contribution in [0.3, 0.4) is 0 Å². The molecule has 1 saturated carbocycles. The van der Waals surface area contributed by atoms with Crippen LogP contribution in [-0.4, -0.2) is 0 Å². The van der Waals surface area contributed by atoms with E-state index in [1.807, 2.05) is 6.07 Å². The fourth-order valence-electron chi connectivity index (χ4n) is 1.82. The van der Waals surface area contributed by atoms with Crippen LogP contribution in [0.2, 0.25) is 0 Å². The molecule has 0 saturated heterocycles. The predicted octanol–water partition coefficient (Wildman–Crippen LogP) is 3.83. The van der Waals surface area contributed by atoms with Gasteiger partial charge in [-0.15, -0.1) is 0 Å². The zero-order valence-electron chi connectivity index (χ0n) is 8.18. The van der Waals surface area contributed by atoms with Gasteiger partial charge in [0.25, 0.3) is 0 Å². The third-order valence-electron chi connectivity index (χ3n) is 2.69. The van der Waals surface area contributed by atoms with Crippen LogP contribution in [0.25, 0.3) is 0 Å². The van der Waals surface area contributed by atoms with E-state index in [-0.39, 0.29) is 5.82 Å². The minimum Gasteiger partial charge on any atom is -0.207 e. The smallest absolute Gasteiger partial charge is 0.123 e. The van der Waals surface area contributed by atoms with E-state index < -0.39 is 0 Å². The van der Waals surface area contributed by atoms with Crippen molar-refractivity contribution in [1.82, 2.24) is 0 Å². The number of benzene rings is 1. The first kappa shape index (κ1) is 8.74. The molecule has 1 aliphatic rings. The molecule has 0 unspecified atom stereocenters. The van der Waals surface area contributed by atoms with Gasteiger partial charge in [0.05, 0.1) is 0 Å². The van der Waals surface area contributed by atoms with E-state index in [0.29, 0.717) is 11.8 Å². The van der Waals surface area contributed by atoms with E-state index in [2.05, 4.69) is 13.8 Å². The summed E-state index contributed by atoms with van der Waals surface area (Å²) < 4.78 is 13.0. The third-order valence-corrected chi connectivity index (χ3v) is 2.69. The Bertz CT molecular complexity index is 311. The maximum Gasteiger partial charge on any atom is 0.123 e. The molecule has 2 rings (SSSR count). The Morgan fingerprint density at radius 3 is 2.54 bits per heavy atom. The Hall–Kier alpha value is -0.850. The zero-order valence-corrected chi connectivity index (χ0v) is 8.18. The van der Waals surface area contributed by atoms with Crippen LogP contribution in [0.1, 0.15) is 49.7 Å². The molecule has 0 aliphatic heterocycles. The summed E-state index contributed by atoms with van der Waals surface area (Å²) in [6.45, 7) is 4.33. The first-order valence-electron chi connectivity index (χ1n) is 4.98. The highest BCUT2D eigenvalue weighted by atomic mass is 19.1. The Balaban J connectivity index is 2.42. The van der Waals surface area contributed by atoms with Crippen molar-refractivity contribution in [3.05, 3.63) is 35.1 Å². The van der Waals surface area contributed by atoms with Crippen molar-refractivity contribution in [2.24, 2.45) is 0 Å². The van der Waals surface area contributed by atoms with Gasteiger partial charge in [0.1, 0.15) is 5.82 Å². The second-order valence-electron chi connectivity index (χ2n) is 4.20. The highest BCUT2D eigenvalue weighted by Gasteiger charge is 2.26. The van der Waals surface area contributed by atoms with Crippen LogP contribution in [0.15, 0.2) is 18.2 Å². The maximum atomic E-state index is 13.0. The van der Waals surface area contributed by atoms with Crippen molar-refractivity contribution in [3.63, 3.8) is 0 Å². The topological polar surface area (TPSA) is 0 Å². The Kier molecular flexibility index (Phi) is 2.10. The van der Waals surface area contributed by atoms with Gasteiger partial charge in [0.15, 0.2) is 0 Å². The second kappa shape index (κ2) is 3.13. The molecule has 0 radical (unpaired) electrons. The molecule has 70 valence electrons. The largest absolute Gasteiger partial charge is 0.207 e. The molecule has 1 heteroatoms. The van der Waals surface area contributed by atoms with Crippen molar-refractivity contribution >= 4 is 0 Å². The molecule has 0 spiro atoms. The lowest BCUT2D eigenvalue weighted by Crippen LogP contribution is -1.95. The molecule has 1 aromatic carbocycles. The standard InChI is InChI=1S/C12H15F/c1-8(2)11-6-5-10(13)7-12(11)9-3-4-9/h5-9H,3-4H2,1-2H3. The zero-order chi connectivity index (χ0) is 9.42. The van der Waals surface area contributed by atoms with E-state index in [1.54, 1.807) is 12.1 Å². The molecule has 1 aromatic rings. The van der Waals surface area contributed by atoms with E-state index >= 15 is 0 Å². The summed E-state index contributed by atoms with van der Waals surface area (Å²) in [7, 11) is 0. The molecule has 0 bridgehead atoms. The normalized spacial score (nSPS) is 16.6. The molecule has 0 nitrogen and oxygen atoms in total. The molecule has 0 atom stereocenters.